The summed E-state index contributed by atoms with van der Waals surface area (Å²) >= 11 is 0. The third kappa shape index (κ3) is 9.26. The van der Waals surface area contributed by atoms with Crippen molar-refractivity contribution in [2.75, 3.05) is 26.2 Å². The van der Waals surface area contributed by atoms with Crippen molar-refractivity contribution >= 4 is 12.1 Å². The quantitative estimate of drug-likeness (QED) is 0.207. The standard InChI is InChI=1S/C29H36N6O6/c36-20-25-28(39)27(38)24(29(40)41-25)15-33-26(37)19-35(18-23-9-3-6-12-32-23)14-13-34(16-21-7-1-4-10-30-21)17-22-8-2-5-11-31-22/h1-12,15,24-25,27-29,36,38-40H,13-14,16-20H2/t24?,25-,27-,28-,29+/m1/s1. The average molecular weight is 565 g/mol. The van der Waals surface area contributed by atoms with Crippen molar-refractivity contribution < 1.29 is 30.0 Å². The van der Waals surface area contributed by atoms with E-state index in [-0.39, 0.29) is 6.54 Å². The summed E-state index contributed by atoms with van der Waals surface area (Å²) < 4.78 is 5.14. The van der Waals surface area contributed by atoms with Gasteiger partial charge >= 0.3 is 0 Å². The Balaban J connectivity index is 1.44. The highest BCUT2D eigenvalue weighted by Gasteiger charge is 2.42. The molecule has 41 heavy (non-hydrogen) atoms. The molecule has 1 aliphatic heterocycles. The number of carbonyl (C=O) groups is 1. The second-order valence-corrected chi connectivity index (χ2v) is 9.86. The van der Waals surface area contributed by atoms with E-state index >= 15 is 0 Å². The van der Waals surface area contributed by atoms with Gasteiger partial charge in [-0.3, -0.25) is 29.5 Å². The van der Waals surface area contributed by atoms with Gasteiger partial charge in [0.05, 0.1) is 42.3 Å². The minimum Gasteiger partial charge on any atom is -0.394 e. The van der Waals surface area contributed by atoms with Crippen LogP contribution >= 0.6 is 0 Å². The minimum absolute atomic E-state index is 0.0460. The highest BCUT2D eigenvalue weighted by Crippen LogP contribution is 2.23. The molecule has 0 spiro atoms. The number of amides is 1. The number of aliphatic hydroxyl groups excluding tert-OH is 4. The lowest BCUT2D eigenvalue weighted by Gasteiger charge is -2.38. The molecule has 4 heterocycles. The van der Waals surface area contributed by atoms with Crippen LogP contribution in [0.25, 0.3) is 0 Å². The first-order valence-corrected chi connectivity index (χ1v) is 13.4. The molecule has 3 aromatic heterocycles. The molecule has 1 fully saturated rings. The molecule has 0 radical (unpaired) electrons. The summed E-state index contributed by atoms with van der Waals surface area (Å²) in [5, 5.41) is 39.9. The number of aliphatic hydroxyl groups is 4. The molecule has 4 N–H and O–H groups in total. The van der Waals surface area contributed by atoms with E-state index in [0.717, 1.165) is 23.3 Å². The van der Waals surface area contributed by atoms with Crippen molar-refractivity contribution in [3.05, 3.63) is 90.3 Å². The van der Waals surface area contributed by atoms with E-state index in [1.807, 2.05) is 59.5 Å². The topological polar surface area (TPSA) is 165 Å². The molecule has 0 saturated carbocycles. The largest absolute Gasteiger partial charge is 0.394 e. The fourth-order valence-corrected chi connectivity index (χ4v) is 4.55. The summed E-state index contributed by atoms with van der Waals surface area (Å²) in [6.07, 6.45) is 0.760. The van der Waals surface area contributed by atoms with Crippen LogP contribution in [-0.2, 0) is 29.2 Å². The zero-order valence-corrected chi connectivity index (χ0v) is 22.6. The van der Waals surface area contributed by atoms with E-state index in [0.29, 0.717) is 32.7 Å². The van der Waals surface area contributed by atoms with E-state index < -0.39 is 43.0 Å². The Morgan fingerprint density at radius 1 is 0.805 bits per heavy atom. The number of ether oxygens (including phenoxy) is 1. The molecular weight excluding hydrogens is 528 g/mol. The molecule has 0 aliphatic carbocycles. The summed E-state index contributed by atoms with van der Waals surface area (Å²) in [6.45, 7) is 2.07. The van der Waals surface area contributed by atoms with Crippen LogP contribution in [0.5, 0.6) is 0 Å². The van der Waals surface area contributed by atoms with E-state index in [1.165, 1.54) is 0 Å². The van der Waals surface area contributed by atoms with Crippen molar-refractivity contribution in [3.8, 4) is 0 Å². The predicted octanol–water partition coefficient (Wildman–Crippen LogP) is 0.0209. The number of hydrogen-bond acceptors (Lipinski definition) is 11. The van der Waals surface area contributed by atoms with Crippen LogP contribution in [0, 0.1) is 5.92 Å². The molecule has 5 atom stereocenters. The Labute approximate surface area is 238 Å². The maximum atomic E-state index is 12.9. The van der Waals surface area contributed by atoms with Crippen LogP contribution < -0.4 is 0 Å². The molecule has 0 bridgehead atoms. The Hall–Kier alpha value is -3.49. The van der Waals surface area contributed by atoms with Crippen LogP contribution in [0.15, 0.2) is 78.2 Å². The molecule has 1 amide bonds. The van der Waals surface area contributed by atoms with E-state index in [2.05, 4.69) is 24.8 Å². The van der Waals surface area contributed by atoms with Gasteiger partial charge in [0, 0.05) is 57.5 Å². The first-order chi connectivity index (χ1) is 19.9. The zero-order chi connectivity index (χ0) is 29.0. The number of aromatic nitrogens is 3. The minimum atomic E-state index is -1.53. The van der Waals surface area contributed by atoms with Gasteiger partial charge in [-0.2, -0.15) is 0 Å². The molecule has 1 aliphatic rings. The van der Waals surface area contributed by atoms with Crippen LogP contribution in [0.3, 0.4) is 0 Å². The second-order valence-electron chi connectivity index (χ2n) is 9.86. The van der Waals surface area contributed by atoms with E-state index in [4.69, 9.17) is 4.74 Å². The van der Waals surface area contributed by atoms with Gasteiger partial charge < -0.3 is 25.2 Å². The summed E-state index contributed by atoms with van der Waals surface area (Å²) in [7, 11) is 0. The van der Waals surface area contributed by atoms with Gasteiger partial charge in [0.15, 0.2) is 6.29 Å². The van der Waals surface area contributed by atoms with Crippen LogP contribution in [0.2, 0.25) is 0 Å². The SMILES string of the molecule is O=C(CN(CCN(Cc1ccccn1)Cc1ccccn1)Cc1ccccn1)N=CC1[C@@H](O)[C@H](O)[C@@H](CO)O[C@@H]1O. The third-order valence-electron chi connectivity index (χ3n) is 6.77. The molecular formula is C29H36N6O6. The molecule has 0 aromatic carbocycles. The van der Waals surface area contributed by atoms with E-state index in [9.17, 15) is 25.2 Å². The second kappa shape index (κ2) is 15.5. The lowest BCUT2D eigenvalue weighted by Crippen LogP contribution is -2.56. The van der Waals surface area contributed by atoms with Crippen molar-refractivity contribution in [3.63, 3.8) is 0 Å². The predicted molar refractivity (Wildman–Crippen MR) is 149 cm³/mol. The number of nitrogens with zero attached hydrogens (tertiary/aromatic N) is 6. The molecule has 218 valence electrons. The van der Waals surface area contributed by atoms with Crippen molar-refractivity contribution in [2.24, 2.45) is 10.9 Å². The molecule has 12 nitrogen and oxygen atoms in total. The summed E-state index contributed by atoms with van der Waals surface area (Å²) in [5.74, 6) is -1.63. The number of hydrogen-bond donors (Lipinski definition) is 4. The fraction of sp³-hybridized carbons (Fsp3) is 0.414. The van der Waals surface area contributed by atoms with Gasteiger partial charge in [0.25, 0.3) is 5.91 Å². The van der Waals surface area contributed by atoms with Crippen LogP contribution in [0.4, 0.5) is 0 Å². The molecule has 1 unspecified atom stereocenters. The van der Waals surface area contributed by atoms with Gasteiger partial charge in [-0.05, 0) is 36.4 Å². The van der Waals surface area contributed by atoms with Crippen molar-refractivity contribution in [1.82, 2.24) is 24.8 Å². The van der Waals surface area contributed by atoms with Gasteiger partial charge in [0.2, 0.25) is 0 Å². The number of rotatable bonds is 13. The van der Waals surface area contributed by atoms with E-state index in [1.54, 1.807) is 18.6 Å². The third-order valence-corrected chi connectivity index (χ3v) is 6.77. The highest BCUT2D eigenvalue weighted by molar-refractivity contribution is 5.87. The lowest BCUT2D eigenvalue weighted by atomic mass is 9.92. The zero-order valence-electron chi connectivity index (χ0n) is 22.6. The molecule has 1 saturated heterocycles. The van der Waals surface area contributed by atoms with Gasteiger partial charge in [-0.1, -0.05) is 18.2 Å². The summed E-state index contributed by atoms with van der Waals surface area (Å²) in [6, 6.07) is 17.1. The molecule has 3 aromatic rings. The lowest BCUT2D eigenvalue weighted by molar-refractivity contribution is -0.254. The number of aliphatic imine (C=N–C) groups is 1. The van der Waals surface area contributed by atoms with Gasteiger partial charge in [0.1, 0.15) is 12.2 Å². The van der Waals surface area contributed by atoms with Crippen LogP contribution in [0.1, 0.15) is 17.1 Å². The Morgan fingerprint density at radius 2 is 1.32 bits per heavy atom. The Kier molecular flexibility index (Phi) is 11.5. The van der Waals surface area contributed by atoms with Crippen LogP contribution in [-0.4, -0.2) is 108 Å². The molecule has 4 rings (SSSR count). The maximum Gasteiger partial charge on any atom is 0.259 e. The smallest absolute Gasteiger partial charge is 0.259 e. The highest BCUT2D eigenvalue weighted by atomic mass is 16.6. The average Bonchev–Trinajstić information content (AvgIpc) is 2.99. The monoisotopic (exact) mass is 564 g/mol. The number of carbonyl (C=O) groups excluding carboxylic acids is 1. The molecule has 12 heteroatoms. The first kappa shape index (κ1) is 30.5. The summed E-state index contributed by atoms with van der Waals surface area (Å²) in [4.78, 5) is 34.3. The van der Waals surface area contributed by atoms with Gasteiger partial charge in [-0.15, -0.1) is 0 Å². The Morgan fingerprint density at radius 3 is 1.80 bits per heavy atom. The van der Waals surface area contributed by atoms with Crippen molar-refractivity contribution in [1.29, 1.82) is 0 Å². The normalized spacial score (nSPS) is 22.9. The fourth-order valence-electron chi connectivity index (χ4n) is 4.55. The first-order valence-electron chi connectivity index (χ1n) is 13.4. The summed E-state index contributed by atoms with van der Waals surface area (Å²) in [5.41, 5.74) is 2.62. The number of pyridine rings is 3. The Bertz CT molecular complexity index is 1180. The van der Waals surface area contributed by atoms with Gasteiger partial charge in [-0.25, -0.2) is 4.99 Å². The maximum absolute atomic E-state index is 12.9. The van der Waals surface area contributed by atoms with Crippen molar-refractivity contribution in [2.45, 2.75) is 44.2 Å².